The van der Waals surface area contributed by atoms with Gasteiger partial charge in [-0.15, -0.1) is 0 Å². The number of benzene rings is 3. The second-order valence-electron chi connectivity index (χ2n) is 8.47. The Morgan fingerprint density at radius 1 is 0.917 bits per heavy atom. The van der Waals surface area contributed by atoms with Gasteiger partial charge < -0.3 is 14.6 Å². The van der Waals surface area contributed by atoms with E-state index in [-0.39, 0.29) is 11.3 Å². The summed E-state index contributed by atoms with van der Waals surface area (Å²) in [5, 5.41) is 9.53. The van der Waals surface area contributed by atoms with Gasteiger partial charge in [0.1, 0.15) is 5.69 Å². The number of rotatable bonds is 10. The van der Waals surface area contributed by atoms with Gasteiger partial charge in [-0.1, -0.05) is 74.0 Å². The van der Waals surface area contributed by atoms with E-state index in [4.69, 9.17) is 9.47 Å². The molecule has 3 aromatic carbocycles. The fourth-order valence-electron chi connectivity index (χ4n) is 4.55. The molecule has 0 saturated heterocycles. The van der Waals surface area contributed by atoms with Crippen molar-refractivity contribution in [3.05, 3.63) is 112 Å². The first-order chi connectivity index (χ1) is 17.5. The Hall–Kier alpha value is -3.94. The second kappa shape index (κ2) is 11.2. The normalized spacial score (nSPS) is 11.2. The third-order valence-electron chi connectivity index (χ3n) is 6.20. The van der Waals surface area contributed by atoms with E-state index in [2.05, 4.69) is 6.92 Å². The van der Waals surface area contributed by atoms with Gasteiger partial charge in [0, 0.05) is 19.9 Å². The number of ether oxygens (including phenoxy) is 2. The highest BCUT2D eigenvalue weighted by molar-refractivity contribution is 5.95. The first kappa shape index (κ1) is 25.2. The van der Waals surface area contributed by atoms with E-state index in [0.717, 1.165) is 28.9 Å². The maximum absolute atomic E-state index is 13.8. The number of imidazole rings is 1. The van der Waals surface area contributed by atoms with Crippen molar-refractivity contribution in [3.63, 3.8) is 0 Å². The van der Waals surface area contributed by atoms with Crippen LogP contribution in [-0.2, 0) is 22.4 Å². The number of hydrogen-bond acceptors (Lipinski definition) is 4. The lowest BCUT2D eigenvalue weighted by molar-refractivity contribution is -0.110. The second-order valence-corrected chi connectivity index (χ2v) is 8.47. The van der Waals surface area contributed by atoms with Crippen LogP contribution in [0.5, 0.6) is 0 Å². The first-order valence-corrected chi connectivity index (χ1v) is 11.9. The summed E-state index contributed by atoms with van der Waals surface area (Å²) < 4.78 is 14.7. The van der Waals surface area contributed by atoms with Crippen molar-refractivity contribution < 1.29 is 19.4 Å². The van der Waals surface area contributed by atoms with E-state index in [0.29, 0.717) is 24.2 Å². The smallest absolute Gasteiger partial charge is 0.336 e. The van der Waals surface area contributed by atoms with Crippen LogP contribution in [0.25, 0.3) is 16.8 Å². The largest absolute Gasteiger partial charge is 0.478 e. The third kappa shape index (κ3) is 4.89. The summed E-state index contributed by atoms with van der Waals surface area (Å²) in [7, 11) is 3.13. The molecule has 0 aliphatic heterocycles. The molecule has 0 aliphatic rings. The van der Waals surface area contributed by atoms with Gasteiger partial charge >= 0.3 is 11.7 Å². The molecule has 0 saturated carbocycles. The molecule has 4 rings (SSSR count). The van der Waals surface area contributed by atoms with Crippen LogP contribution in [0.1, 0.15) is 46.9 Å². The molecule has 0 amide bonds. The van der Waals surface area contributed by atoms with Crippen molar-refractivity contribution in [2.24, 2.45) is 0 Å². The van der Waals surface area contributed by atoms with Gasteiger partial charge in [-0.25, -0.2) is 9.59 Å². The number of carbonyl (C=O) groups is 1. The summed E-state index contributed by atoms with van der Waals surface area (Å²) in [6, 6.07) is 24.1. The SMILES string of the molecule is CCCc1c(C(OC)OC)n(-c2ccccc2)c(=O)n1Cc1ccc(-c2ccccc2C(=O)O)cc1. The molecule has 1 N–H and O–H groups in total. The Morgan fingerprint density at radius 3 is 2.17 bits per heavy atom. The molecule has 0 atom stereocenters. The van der Waals surface area contributed by atoms with Gasteiger partial charge in [0.2, 0.25) is 6.29 Å². The van der Waals surface area contributed by atoms with Gasteiger partial charge in [-0.3, -0.25) is 9.13 Å². The highest BCUT2D eigenvalue weighted by Gasteiger charge is 2.27. The molecule has 4 aromatic rings. The number of carboxylic acids is 1. The molecule has 0 radical (unpaired) electrons. The topological polar surface area (TPSA) is 82.7 Å². The van der Waals surface area contributed by atoms with Crippen LogP contribution in [0, 0.1) is 0 Å². The maximum Gasteiger partial charge on any atom is 0.336 e. The third-order valence-corrected chi connectivity index (χ3v) is 6.20. The van der Waals surface area contributed by atoms with Gasteiger partial charge in [-0.05, 0) is 41.3 Å². The number of para-hydroxylation sites is 1. The molecule has 7 nitrogen and oxygen atoms in total. The molecular formula is C29H30N2O5. The summed E-state index contributed by atoms with van der Waals surface area (Å²) in [4.78, 5) is 25.4. The summed E-state index contributed by atoms with van der Waals surface area (Å²) in [5.41, 5.74) is 4.76. The summed E-state index contributed by atoms with van der Waals surface area (Å²) in [6.07, 6.45) is 0.823. The number of methoxy groups -OCH3 is 2. The average Bonchev–Trinajstić information content (AvgIpc) is 3.17. The Labute approximate surface area is 210 Å². The zero-order chi connectivity index (χ0) is 25.7. The number of aromatic nitrogens is 2. The summed E-state index contributed by atoms with van der Waals surface area (Å²) in [6.45, 7) is 2.43. The molecule has 0 fully saturated rings. The van der Waals surface area contributed by atoms with Crippen molar-refractivity contribution in [1.82, 2.24) is 9.13 Å². The fraction of sp³-hybridized carbons (Fsp3) is 0.241. The monoisotopic (exact) mass is 486 g/mol. The lowest BCUT2D eigenvalue weighted by Gasteiger charge is -2.18. The quantitative estimate of drug-likeness (QED) is 0.308. The lowest BCUT2D eigenvalue weighted by atomic mass is 9.99. The average molecular weight is 487 g/mol. The van der Waals surface area contributed by atoms with E-state index in [9.17, 15) is 14.7 Å². The van der Waals surface area contributed by atoms with E-state index >= 15 is 0 Å². The van der Waals surface area contributed by atoms with Gasteiger partial charge in [-0.2, -0.15) is 0 Å². The standard InChI is InChI=1S/C29H30N2O5/c1-4-10-25-26(28(35-2)36-3)31(22-11-6-5-7-12-22)29(34)30(25)19-20-15-17-21(18-16-20)23-13-8-9-14-24(23)27(32)33/h5-9,11-18,28H,4,10,19H2,1-3H3,(H,32,33). The zero-order valence-corrected chi connectivity index (χ0v) is 20.7. The Balaban J connectivity index is 1.79. The van der Waals surface area contributed by atoms with Crippen LogP contribution in [-0.4, -0.2) is 34.4 Å². The van der Waals surface area contributed by atoms with Gasteiger partial charge in [0.25, 0.3) is 0 Å². The Morgan fingerprint density at radius 2 is 1.56 bits per heavy atom. The highest BCUT2D eigenvalue weighted by Crippen LogP contribution is 2.27. The van der Waals surface area contributed by atoms with E-state index in [1.165, 1.54) is 0 Å². The molecule has 0 unspecified atom stereocenters. The molecule has 0 aliphatic carbocycles. The zero-order valence-electron chi connectivity index (χ0n) is 20.7. The van der Waals surface area contributed by atoms with Crippen LogP contribution in [0.2, 0.25) is 0 Å². The summed E-state index contributed by atoms with van der Waals surface area (Å²) >= 11 is 0. The number of hydrogen-bond donors (Lipinski definition) is 1. The predicted octanol–water partition coefficient (Wildman–Crippen LogP) is 5.30. The molecule has 1 aromatic heterocycles. The van der Waals surface area contributed by atoms with Crippen molar-refractivity contribution in [2.45, 2.75) is 32.6 Å². The van der Waals surface area contributed by atoms with Gasteiger partial charge in [0.05, 0.1) is 17.8 Å². The lowest BCUT2D eigenvalue weighted by Crippen LogP contribution is -2.25. The minimum absolute atomic E-state index is 0.168. The Kier molecular flexibility index (Phi) is 7.83. The van der Waals surface area contributed by atoms with Crippen LogP contribution >= 0.6 is 0 Å². The van der Waals surface area contributed by atoms with E-state index in [1.807, 2.05) is 60.7 Å². The van der Waals surface area contributed by atoms with Gasteiger partial charge in [0.15, 0.2) is 0 Å². The Bertz CT molecular complexity index is 1380. The van der Waals surface area contributed by atoms with Crippen molar-refractivity contribution in [1.29, 1.82) is 0 Å². The van der Waals surface area contributed by atoms with E-state index in [1.54, 1.807) is 41.6 Å². The fourth-order valence-corrected chi connectivity index (χ4v) is 4.55. The molecule has 0 bridgehead atoms. The first-order valence-electron chi connectivity index (χ1n) is 11.9. The van der Waals surface area contributed by atoms with Crippen LogP contribution < -0.4 is 5.69 Å². The molecule has 7 heteroatoms. The highest BCUT2D eigenvalue weighted by atomic mass is 16.7. The van der Waals surface area contributed by atoms with E-state index < -0.39 is 12.3 Å². The minimum Gasteiger partial charge on any atom is -0.478 e. The number of carboxylic acid groups (broad SMARTS) is 1. The molecular weight excluding hydrogens is 456 g/mol. The summed E-state index contributed by atoms with van der Waals surface area (Å²) in [5.74, 6) is -0.967. The number of nitrogens with zero attached hydrogens (tertiary/aromatic N) is 2. The maximum atomic E-state index is 13.8. The van der Waals surface area contributed by atoms with Crippen molar-refractivity contribution in [3.8, 4) is 16.8 Å². The minimum atomic E-state index is -0.967. The van der Waals surface area contributed by atoms with Crippen LogP contribution in [0.3, 0.4) is 0 Å². The molecule has 0 spiro atoms. The van der Waals surface area contributed by atoms with Crippen LogP contribution in [0.4, 0.5) is 0 Å². The molecule has 36 heavy (non-hydrogen) atoms. The predicted molar refractivity (Wildman–Crippen MR) is 139 cm³/mol. The molecule has 186 valence electrons. The molecule has 1 heterocycles. The number of aromatic carboxylic acids is 1. The van der Waals surface area contributed by atoms with Crippen LogP contribution in [0.15, 0.2) is 83.7 Å². The van der Waals surface area contributed by atoms with Crippen molar-refractivity contribution >= 4 is 5.97 Å². The van der Waals surface area contributed by atoms with Crippen molar-refractivity contribution in [2.75, 3.05) is 14.2 Å².